The van der Waals surface area contributed by atoms with E-state index < -0.39 is 0 Å². The van der Waals surface area contributed by atoms with Crippen LogP contribution < -0.4 is 5.73 Å². The molecule has 0 aliphatic rings. The lowest BCUT2D eigenvalue weighted by atomic mass is 10.6. The van der Waals surface area contributed by atoms with E-state index in [1.54, 1.807) is 17.2 Å². The Balaban J connectivity index is 1.94. The van der Waals surface area contributed by atoms with Gasteiger partial charge in [0.25, 0.3) is 0 Å². The number of aryl methyl sites for hydroxylation is 2. The molecule has 2 rings (SSSR count). The van der Waals surface area contributed by atoms with Crippen LogP contribution in [0.5, 0.6) is 0 Å². The maximum Gasteiger partial charge on any atom is 0.239 e. The summed E-state index contributed by atoms with van der Waals surface area (Å²) in [5.41, 5.74) is 5.38. The van der Waals surface area contributed by atoms with E-state index in [0.29, 0.717) is 12.5 Å². The molecule has 2 aromatic heterocycles. The van der Waals surface area contributed by atoms with Gasteiger partial charge in [0.05, 0.1) is 23.8 Å². The molecule has 0 atom stereocenters. The Hall–Kier alpha value is -1.37. The Morgan fingerprint density at radius 3 is 2.71 bits per heavy atom. The van der Waals surface area contributed by atoms with Gasteiger partial charge in [0.15, 0.2) is 0 Å². The van der Waals surface area contributed by atoms with Crippen LogP contribution in [0.2, 0.25) is 0 Å². The number of nitrogens with two attached hydrogens (primary N) is 1. The Kier molecular flexibility index (Phi) is 2.49. The average Bonchev–Trinajstić information content (AvgIpc) is 2.72. The molecule has 0 saturated carbocycles. The largest absolute Gasteiger partial charge is 0.367 e. The van der Waals surface area contributed by atoms with Gasteiger partial charge in [0, 0.05) is 6.20 Å². The molecule has 0 unspecified atom stereocenters. The van der Waals surface area contributed by atoms with E-state index in [0.717, 1.165) is 11.0 Å². The van der Waals surface area contributed by atoms with Crippen molar-refractivity contribution in [1.82, 2.24) is 24.5 Å². The van der Waals surface area contributed by atoms with Crippen molar-refractivity contribution in [2.24, 2.45) is 0 Å². The lowest BCUT2D eigenvalue weighted by molar-refractivity contribution is 0.500. The van der Waals surface area contributed by atoms with Crippen molar-refractivity contribution in [3.8, 4) is 0 Å². The Morgan fingerprint density at radius 1 is 1.36 bits per heavy atom. The third-order valence-corrected chi connectivity index (χ3v) is 2.12. The molecule has 7 heteroatoms. The van der Waals surface area contributed by atoms with E-state index in [1.807, 2.05) is 10.9 Å². The average molecular weight is 257 g/mol. The molecule has 0 spiro atoms. The zero-order chi connectivity index (χ0) is 9.97. The van der Waals surface area contributed by atoms with E-state index in [9.17, 15) is 0 Å². The minimum atomic E-state index is 0.298. The van der Waals surface area contributed by atoms with Gasteiger partial charge in [-0.05, 0) is 15.9 Å². The predicted molar refractivity (Wildman–Crippen MR) is 54.4 cm³/mol. The standard InChI is InChI=1S/C7H9BrN6/c8-6-3-11-13(4-6)1-2-14-5-10-7(9)12-14/h3-5H,1-2H2,(H2,9,12). The number of rotatable bonds is 3. The summed E-state index contributed by atoms with van der Waals surface area (Å²) in [7, 11) is 0. The monoisotopic (exact) mass is 256 g/mol. The Bertz CT molecular complexity index is 379. The molecule has 0 aliphatic carbocycles. The van der Waals surface area contributed by atoms with E-state index in [1.165, 1.54) is 0 Å². The fourth-order valence-corrected chi connectivity index (χ4v) is 1.41. The minimum absolute atomic E-state index is 0.298. The molecule has 74 valence electrons. The Labute approximate surface area is 88.9 Å². The molecule has 14 heavy (non-hydrogen) atoms. The van der Waals surface area contributed by atoms with Crippen LogP contribution in [-0.2, 0) is 13.1 Å². The molecule has 0 bridgehead atoms. The van der Waals surface area contributed by atoms with Crippen LogP contribution in [0.25, 0.3) is 0 Å². The first-order valence-electron chi connectivity index (χ1n) is 4.07. The Morgan fingerprint density at radius 2 is 2.14 bits per heavy atom. The number of anilines is 1. The van der Waals surface area contributed by atoms with Gasteiger partial charge in [-0.1, -0.05) is 0 Å². The van der Waals surface area contributed by atoms with Gasteiger partial charge in [-0.25, -0.2) is 9.67 Å². The quantitative estimate of drug-likeness (QED) is 0.869. The summed E-state index contributed by atoms with van der Waals surface area (Å²) in [6.45, 7) is 1.45. The zero-order valence-electron chi connectivity index (χ0n) is 7.34. The van der Waals surface area contributed by atoms with Gasteiger partial charge in [-0.2, -0.15) is 5.10 Å². The van der Waals surface area contributed by atoms with E-state index in [-0.39, 0.29) is 0 Å². The topological polar surface area (TPSA) is 74.5 Å². The number of nitrogen functional groups attached to an aromatic ring is 1. The third-order valence-electron chi connectivity index (χ3n) is 1.71. The lowest BCUT2D eigenvalue weighted by Crippen LogP contribution is -2.08. The van der Waals surface area contributed by atoms with Crippen molar-refractivity contribution >= 4 is 21.9 Å². The number of hydrogen-bond donors (Lipinski definition) is 1. The first-order chi connectivity index (χ1) is 6.74. The van der Waals surface area contributed by atoms with Crippen LogP contribution in [0.1, 0.15) is 0 Å². The van der Waals surface area contributed by atoms with Crippen molar-refractivity contribution in [1.29, 1.82) is 0 Å². The van der Waals surface area contributed by atoms with Crippen LogP contribution in [0.4, 0.5) is 5.95 Å². The van der Waals surface area contributed by atoms with E-state index in [4.69, 9.17) is 5.73 Å². The maximum absolute atomic E-state index is 5.38. The highest BCUT2D eigenvalue weighted by atomic mass is 79.9. The van der Waals surface area contributed by atoms with Crippen LogP contribution in [0.15, 0.2) is 23.2 Å². The molecule has 2 aromatic rings. The summed E-state index contributed by atoms with van der Waals surface area (Å²) in [5, 5.41) is 8.08. The summed E-state index contributed by atoms with van der Waals surface area (Å²) in [4.78, 5) is 3.82. The summed E-state index contributed by atoms with van der Waals surface area (Å²) in [6, 6.07) is 0. The summed E-state index contributed by atoms with van der Waals surface area (Å²) in [6.07, 6.45) is 5.25. The number of aromatic nitrogens is 5. The highest BCUT2D eigenvalue weighted by molar-refractivity contribution is 9.10. The fourth-order valence-electron chi connectivity index (χ4n) is 1.08. The molecular formula is C7H9BrN6. The molecule has 0 amide bonds. The third kappa shape index (κ3) is 2.11. The van der Waals surface area contributed by atoms with Gasteiger partial charge >= 0.3 is 0 Å². The van der Waals surface area contributed by atoms with Crippen LogP contribution >= 0.6 is 15.9 Å². The van der Waals surface area contributed by atoms with Crippen molar-refractivity contribution < 1.29 is 0 Å². The second kappa shape index (κ2) is 3.79. The summed E-state index contributed by atoms with van der Waals surface area (Å²) in [5.74, 6) is 0.298. The SMILES string of the molecule is Nc1ncn(CCn2cc(Br)cn2)n1. The number of hydrogen-bond acceptors (Lipinski definition) is 4. The smallest absolute Gasteiger partial charge is 0.239 e. The van der Waals surface area contributed by atoms with Crippen molar-refractivity contribution in [2.45, 2.75) is 13.1 Å². The minimum Gasteiger partial charge on any atom is -0.367 e. The molecule has 2 N–H and O–H groups in total. The second-order valence-electron chi connectivity index (χ2n) is 2.79. The molecular weight excluding hydrogens is 248 g/mol. The second-order valence-corrected chi connectivity index (χ2v) is 3.70. The van der Waals surface area contributed by atoms with Gasteiger partial charge in [-0.3, -0.25) is 4.68 Å². The van der Waals surface area contributed by atoms with Gasteiger partial charge in [0.1, 0.15) is 6.33 Å². The summed E-state index contributed by atoms with van der Waals surface area (Å²) >= 11 is 3.32. The first-order valence-corrected chi connectivity index (χ1v) is 4.86. The molecule has 0 saturated heterocycles. The van der Waals surface area contributed by atoms with E-state index >= 15 is 0 Å². The van der Waals surface area contributed by atoms with Crippen LogP contribution in [0, 0.1) is 0 Å². The summed E-state index contributed by atoms with van der Waals surface area (Å²) < 4.78 is 4.47. The zero-order valence-corrected chi connectivity index (χ0v) is 8.92. The molecule has 0 fully saturated rings. The number of nitrogens with zero attached hydrogens (tertiary/aromatic N) is 5. The van der Waals surface area contributed by atoms with Crippen LogP contribution in [0.3, 0.4) is 0 Å². The van der Waals surface area contributed by atoms with Crippen molar-refractivity contribution in [3.05, 3.63) is 23.2 Å². The highest BCUT2D eigenvalue weighted by Crippen LogP contribution is 2.06. The van der Waals surface area contributed by atoms with Crippen molar-refractivity contribution in [2.75, 3.05) is 5.73 Å². The molecule has 2 heterocycles. The highest BCUT2D eigenvalue weighted by Gasteiger charge is 1.98. The van der Waals surface area contributed by atoms with Crippen molar-refractivity contribution in [3.63, 3.8) is 0 Å². The van der Waals surface area contributed by atoms with Gasteiger partial charge in [0.2, 0.25) is 5.95 Å². The molecule has 0 aromatic carbocycles. The molecule has 0 aliphatic heterocycles. The van der Waals surface area contributed by atoms with E-state index in [2.05, 4.69) is 31.1 Å². The molecule has 0 radical (unpaired) electrons. The maximum atomic E-state index is 5.38. The van der Waals surface area contributed by atoms with Gasteiger partial charge in [-0.15, -0.1) is 5.10 Å². The van der Waals surface area contributed by atoms with Crippen LogP contribution in [-0.4, -0.2) is 24.5 Å². The lowest BCUT2D eigenvalue weighted by Gasteiger charge is -2.00. The fraction of sp³-hybridized carbons (Fsp3) is 0.286. The first kappa shape index (κ1) is 9.20. The molecule has 6 nitrogen and oxygen atoms in total. The van der Waals surface area contributed by atoms with Gasteiger partial charge < -0.3 is 5.73 Å². The number of halogens is 1. The predicted octanol–water partition coefficient (Wildman–Crippen LogP) is 0.519. The normalized spacial score (nSPS) is 10.6.